The Labute approximate surface area is 93.7 Å². The van der Waals surface area contributed by atoms with Crippen LogP contribution in [0.2, 0.25) is 5.02 Å². The van der Waals surface area contributed by atoms with Crippen LogP contribution in [0, 0.1) is 6.92 Å². The average molecular weight is 219 g/mol. The summed E-state index contributed by atoms with van der Waals surface area (Å²) in [6.45, 7) is 1.96. The van der Waals surface area contributed by atoms with Gasteiger partial charge >= 0.3 is 0 Å². The highest BCUT2D eigenvalue weighted by atomic mass is 35.5. The number of aryl methyl sites for hydroxylation is 1. The van der Waals surface area contributed by atoms with Gasteiger partial charge in [-0.1, -0.05) is 17.7 Å². The van der Waals surface area contributed by atoms with Crippen LogP contribution >= 0.6 is 11.6 Å². The van der Waals surface area contributed by atoms with Crippen LogP contribution in [0.15, 0.2) is 36.5 Å². The minimum Gasteiger partial charge on any atom is -0.399 e. The Morgan fingerprint density at radius 3 is 2.73 bits per heavy atom. The molecule has 0 saturated heterocycles. The number of aromatic nitrogens is 1. The van der Waals surface area contributed by atoms with E-state index >= 15 is 0 Å². The molecule has 2 rings (SSSR count). The molecule has 0 radical (unpaired) electrons. The third-order valence-corrected chi connectivity index (χ3v) is 2.46. The average Bonchev–Trinajstić information content (AvgIpc) is 2.16. The molecule has 0 aliphatic carbocycles. The summed E-state index contributed by atoms with van der Waals surface area (Å²) in [5.41, 5.74) is 9.45. The fraction of sp³-hybridized carbons (Fsp3) is 0.0833. The summed E-state index contributed by atoms with van der Waals surface area (Å²) >= 11 is 5.95. The number of hydrogen-bond donors (Lipinski definition) is 1. The molecular formula is C12H11ClN2. The van der Waals surface area contributed by atoms with E-state index in [-0.39, 0.29) is 0 Å². The van der Waals surface area contributed by atoms with Crippen molar-refractivity contribution in [2.24, 2.45) is 0 Å². The van der Waals surface area contributed by atoms with Gasteiger partial charge in [0.25, 0.3) is 0 Å². The topological polar surface area (TPSA) is 38.9 Å². The van der Waals surface area contributed by atoms with Gasteiger partial charge in [-0.25, -0.2) is 0 Å². The van der Waals surface area contributed by atoms with Crippen LogP contribution in [0.25, 0.3) is 11.1 Å². The Bertz CT molecular complexity index is 474. The summed E-state index contributed by atoms with van der Waals surface area (Å²) in [6.07, 6.45) is 1.77. The summed E-state index contributed by atoms with van der Waals surface area (Å²) in [5, 5.41) is 0.647. The number of pyridine rings is 1. The summed E-state index contributed by atoms with van der Waals surface area (Å²) < 4.78 is 0. The maximum atomic E-state index is 5.95. The number of nitrogens with zero attached hydrogens (tertiary/aromatic N) is 1. The van der Waals surface area contributed by atoms with Crippen LogP contribution < -0.4 is 5.73 Å². The van der Waals surface area contributed by atoms with E-state index in [1.54, 1.807) is 12.3 Å². The largest absolute Gasteiger partial charge is 0.399 e. The molecular weight excluding hydrogens is 208 g/mol. The lowest BCUT2D eigenvalue weighted by Gasteiger charge is -2.06. The lowest BCUT2D eigenvalue weighted by Crippen LogP contribution is -1.89. The van der Waals surface area contributed by atoms with Gasteiger partial charge in [-0.05, 0) is 36.8 Å². The van der Waals surface area contributed by atoms with Gasteiger partial charge in [-0.15, -0.1) is 0 Å². The number of nitrogens with two attached hydrogens (primary N) is 1. The van der Waals surface area contributed by atoms with Crippen molar-refractivity contribution in [2.75, 3.05) is 5.73 Å². The smallest absolute Gasteiger partial charge is 0.0450 e. The van der Waals surface area contributed by atoms with Crippen LogP contribution in [-0.4, -0.2) is 4.98 Å². The Balaban J connectivity index is 2.59. The third kappa shape index (κ3) is 2.10. The molecule has 0 spiro atoms. The van der Waals surface area contributed by atoms with Crippen molar-refractivity contribution < 1.29 is 0 Å². The van der Waals surface area contributed by atoms with Crippen LogP contribution in [0.4, 0.5) is 5.69 Å². The lowest BCUT2D eigenvalue weighted by molar-refractivity contribution is 1.20. The van der Waals surface area contributed by atoms with Gasteiger partial charge in [0.15, 0.2) is 0 Å². The van der Waals surface area contributed by atoms with Gasteiger partial charge in [0.2, 0.25) is 0 Å². The number of benzene rings is 1. The molecule has 0 unspecified atom stereocenters. The van der Waals surface area contributed by atoms with E-state index in [0.717, 1.165) is 16.8 Å². The molecule has 1 heterocycles. The highest BCUT2D eigenvalue weighted by molar-refractivity contribution is 6.31. The molecule has 0 atom stereocenters. The monoisotopic (exact) mass is 218 g/mol. The molecule has 3 heteroatoms. The highest BCUT2D eigenvalue weighted by Gasteiger charge is 2.03. The van der Waals surface area contributed by atoms with E-state index in [1.165, 1.54) is 0 Å². The Morgan fingerprint density at radius 2 is 2.07 bits per heavy atom. The standard InChI is InChI=1S/C12H11ClN2/c1-8-12(3-2-4-15-8)9-5-10(13)7-11(14)6-9/h2-7H,14H2,1H3. The van der Waals surface area contributed by atoms with E-state index < -0.39 is 0 Å². The summed E-state index contributed by atoms with van der Waals surface area (Å²) in [7, 11) is 0. The van der Waals surface area contributed by atoms with Crippen LogP contribution in [0.1, 0.15) is 5.69 Å². The first-order valence-electron chi connectivity index (χ1n) is 4.65. The fourth-order valence-electron chi connectivity index (χ4n) is 1.56. The van der Waals surface area contributed by atoms with Gasteiger partial charge in [0.1, 0.15) is 0 Å². The molecule has 0 amide bonds. The maximum absolute atomic E-state index is 5.95. The van der Waals surface area contributed by atoms with E-state index in [2.05, 4.69) is 4.98 Å². The number of halogens is 1. The van der Waals surface area contributed by atoms with Crippen molar-refractivity contribution >= 4 is 17.3 Å². The molecule has 0 aliphatic heterocycles. The predicted molar refractivity (Wildman–Crippen MR) is 63.8 cm³/mol. The van der Waals surface area contributed by atoms with Crippen LogP contribution in [0.3, 0.4) is 0 Å². The second kappa shape index (κ2) is 3.91. The number of rotatable bonds is 1. The summed E-state index contributed by atoms with van der Waals surface area (Å²) in [5.74, 6) is 0. The second-order valence-corrected chi connectivity index (χ2v) is 3.85. The first kappa shape index (κ1) is 9.99. The van der Waals surface area contributed by atoms with Crippen molar-refractivity contribution in [3.63, 3.8) is 0 Å². The lowest BCUT2D eigenvalue weighted by atomic mass is 10.0. The summed E-state index contributed by atoms with van der Waals surface area (Å²) in [6, 6.07) is 9.43. The molecule has 0 saturated carbocycles. The zero-order valence-corrected chi connectivity index (χ0v) is 9.12. The SMILES string of the molecule is Cc1ncccc1-c1cc(N)cc(Cl)c1. The van der Waals surface area contributed by atoms with Gasteiger partial charge in [0, 0.05) is 28.2 Å². The number of anilines is 1. The number of hydrogen-bond acceptors (Lipinski definition) is 2. The molecule has 0 aliphatic rings. The van der Waals surface area contributed by atoms with Gasteiger partial charge < -0.3 is 5.73 Å². The van der Waals surface area contributed by atoms with Crippen molar-refractivity contribution in [3.05, 3.63) is 47.2 Å². The van der Waals surface area contributed by atoms with Crippen molar-refractivity contribution in [1.82, 2.24) is 4.98 Å². The van der Waals surface area contributed by atoms with Crippen LogP contribution in [-0.2, 0) is 0 Å². The molecule has 1 aromatic heterocycles. The zero-order valence-electron chi connectivity index (χ0n) is 8.37. The van der Waals surface area contributed by atoms with Crippen LogP contribution in [0.5, 0.6) is 0 Å². The Kier molecular flexibility index (Phi) is 2.60. The van der Waals surface area contributed by atoms with E-state index in [1.807, 2.05) is 31.2 Å². The number of nitrogen functional groups attached to an aromatic ring is 1. The van der Waals surface area contributed by atoms with E-state index in [4.69, 9.17) is 17.3 Å². The van der Waals surface area contributed by atoms with E-state index in [9.17, 15) is 0 Å². The van der Waals surface area contributed by atoms with Gasteiger partial charge in [0.05, 0.1) is 0 Å². The second-order valence-electron chi connectivity index (χ2n) is 3.41. The normalized spacial score (nSPS) is 10.3. The van der Waals surface area contributed by atoms with Crippen molar-refractivity contribution in [2.45, 2.75) is 6.92 Å². The summed E-state index contributed by atoms with van der Waals surface area (Å²) in [4.78, 5) is 4.23. The van der Waals surface area contributed by atoms with E-state index in [0.29, 0.717) is 10.7 Å². The molecule has 2 aromatic rings. The molecule has 76 valence electrons. The minimum absolute atomic E-state index is 0.647. The first-order chi connectivity index (χ1) is 7.16. The maximum Gasteiger partial charge on any atom is 0.0450 e. The third-order valence-electron chi connectivity index (χ3n) is 2.24. The molecule has 0 bridgehead atoms. The highest BCUT2D eigenvalue weighted by Crippen LogP contribution is 2.27. The fourth-order valence-corrected chi connectivity index (χ4v) is 1.80. The first-order valence-corrected chi connectivity index (χ1v) is 5.02. The molecule has 1 aromatic carbocycles. The molecule has 0 fully saturated rings. The Morgan fingerprint density at radius 1 is 1.27 bits per heavy atom. The Hall–Kier alpha value is -1.54. The predicted octanol–water partition coefficient (Wildman–Crippen LogP) is 3.29. The van der Waals surface area contributed by atoms with Crippen molar-refractivity contribution in [1.29, 1.82) is 0 Å². The minimum atomic E-state index is 0.647. The van der Waals surface area contributed by atoms with Gasteiger partial charge in [-0.2, -0.15) is 0 Å². The molecule has 2 N–H and O–H groups in total. The zero-order chi connectivity index (χ0) is 10.8. The molecule has 2 nitrogen and oxygen atoms in total. The van der Waals surface area contributed by atoms with Crippen molar-refractivity contribution in [3.8, 4) is 11.1 Å². The quantitative estimate of drug-likeness (QED) is 0.746. The van der Waals surface area contributed by atoms with Gasteiger partial charge in [-0.3, -0.25) is 4.98 Å². The molecule has 15 heavy (non-hydrogen) atoms.